The molecule has 0 bridgehead atoms. The molecule has 0 amide bonds. The Morgan fingerprint density at radius 2 is 2.25 bits per heavy atom. The summed E-state index contributed by atoms with van der Waals surface area (Å²) in [4.78, 5) is 2.02. The molecule has 1 aliphatic rings. The van der Waals surface area contributed by atoms with Crippen LogP contribution in [0.2, 0.25) is 0 Å². The first-order valence-electron chi connectivity index (χ1n) is 5.30. The van der Waals surface area contributed by atoms with Crippen molar-refractivity contribution in [1.82, 2.24) is 4.90 Å². The third kappa shape index (κ3) is 1.90. The molecule has 1 atom stereocenters. The maximum atomic E-state index is 13.2. The molecule has 16 heavy (non-hydrogen) atoms. The zero-order chi connectivity index (χ0) is 11.8. The maximum Gasteiger partial charge on any atom is 0.125 e. The number of β-amino-alcohol motifs (C(OH)–C–C–N with tert-alkyl or cyclic N) is 1. The zero-order valence-electron chi connectivity index (χ0n) is 9.53. The molecule has 3 nitrogen and oxygen atoms in total. The predicted molar refractivity (Wildman–Crippen MR) is 59.0 cm³/mol. The fourth-order valence-corrected chi connectivity index (χ4v) is 2.24. The van der Waals surface area contributed by atoms with E-state index >= 15 is 0 Å². The number of aliphatic hydroxyl groups is 1. The topological polar surface area (TPSA) is 32.7 Å². The van der Waals surface area contributed by atoms with Gasteiger partial charge in [-0.05, 0) is 31.7 Å². The van der Waals surface area contributed by atoms with Crippen LogP contribution in [0.15, 0.2) is 18.2 Å². The summed E-state index contributed by atoms with van der Waals surface area (Å²) in [6, 6.07) is 4.25. The van der Waals surface area contributed by atoms with Gasteiger partial charge in [0.1, 0.15) is 17.2 Å². The summed E-state index contributed by atoms with van der Waals surface area (Å²) in [5.41, 5.74) is -0.457. The normalized spacial score (nSPS) is 26.0. The third-order valence-corrected chi connectivity index (χ3v) is 3.10. The monoisotopic (exact) mass is 225 g/mol. The van der Waals surface area contributed by atoms with Crippen LogP contribution in [0.25, 0.3) is 0 Å². The van der Waals surface area contributed by atoms with Gasteiger partial charge in [0.05, 0.1) is 7.11 Å². The Morgan fingerprint density at radius 1 is 1.50 bits per heavy atom. The lowest BCUT2D eigenvalue weighted by Crippen LogP contribution is -2.29. The summed E-state index contributed by atoms with van der Waals surface area (Å²) in [5, 5.41) is 10.5. The van der Waals surface area contributed by atoms with Crippen LogP contribution < -0.4 is 4.74 Å². The second kappa shape index (κ2) is 4.03. The van der Waals surface area contributed by atoms with Gasteiger partial charge in [0.2, 0.25) is 0 Å². The SMILES string of the molecule is COc1ccc(F)cc1C1(O)CCN(C)C1. The van der Waals surface area contributed by atoms with Crippen LogP contribution in [0.4, 0.5) is 4.39 Å². The van der Waals surface area contributed by atoms with Gasteiger partial charge in [-0.25, -0.2) is 4.39 Å². The lowest BCUT2D eigenvalue weighted by atomic mass is 9.92. The number of likely N-dealkylation sites (tertiary alicyclic amines) is 1. The molecule has 2 rings (SSSR count). The first-order chi connectivity index (χ1) is 7.55. The first-order valence-corrected chi connectivity index (χ1v) is 5.30. The molecule has 1 fully saturated rings. The Kier molecular flexibility index (Phi) is 2.86. The van der Waals surface area contributed by atoms with Crippen molar-refractivity contribution in [3.05, 3.63) is 29.6 Å². The minimum Gasteiger partial charge on any atom is -0.496 e. The summed E-state index contributed by atoms with van der Waals surface area (Å²) >= 11 is 0. The molecule has 4 heteroatoms. The predicted octanol–water partition coefficient (Wildman–Crippen LogP) is 1.36. The van der Waals surface area contributed by atoms with Gasteiger partial charge in [0, 0.05) is 18.7 Å². The fourth-order valence-electron chi connectivity index (χ4n) is 2.24. The molecule has 88 valence electrons. The molecule has 1 aromatic rings. The van der Waals surface area contributed by atoms with Gasteiger partial charge in [-0.15, -0.1) is 0 Å². The van der Waals surface area contributed by atoms with E-state index in [-0.39, 0.29) is 5.82 Å². The van der Waals surface area contributed by atoms with Crippen molar-refractivity contribution >= 4 is 0 Å². The summed E-state index contributed by atoms with van der Waals surface area (Å²) in [6.07, 6.45) is 0.601. The standard InChI is InChI=1S/C12H16FNO2/c1-14-6-5-12(15,8-14)10-7-9(13)3-4-11(10)16-2/h3-4,7,15H,5-6,8H2,1-2H3. The smallest absolute Gasteiger partial charge is 0.125 e. The van der Waals surface area contributed by atoms with Gasteiger partial charge < -0.3 is 14.7 Å². The Morgan fingerprint density at radius 3 is 2.81 bits per heavy atom. The average Bonchev–Trinajstić information content (AvgIpc) is 2.60. The molecular formula is C12H16FNO2. The summed E-state index contributed by atoms with van der Waals surface area (Å²) in [6.45, 7) is 1.31. The minimum absolute atomic E-state index is 0.348. The molecule has 1 N–H and O–H groups in total. The third-order valence-electron chi connectivity index (χ3n) is 3.10. The highest BCUT2D eigenvalue weighted by molar-refractivity contribution is 5.39. The highest BCUT2D eigenvalue weighted by Gasteiger charge is 2.38. The number of halogens is 1. The molecule has 0 spiro atoms. The van der Waals surface area contributed by atoms with E-state index in [4.69, 9.17) is 4.74 Å². The van der Waals surface area contributed by atoms with Crippen LogP contribution in [0.3, 0.4) is 0 Å². The van der Waals surface area contributed by atoms with E-state index in [0.717, 1.165) is 6.54 Å². The molecule has 1 aliphatic heterocycles. The number of hydrogen-bond donors (Lipinski definition) is 1. The number of likely N-dealkylation sites (N-methyl/N-ethyl adjacent to an activating group) is 1. The molecule has 0 aliphatic carbocycles. The summed E-state index contributed by atoms with van der Waals surface area (Å²) in [5.74, 6) is 0.193. The van der Waals surface area contributed by atoms with Crippen molar-refractivity contribution < 1.29 is 14.2 Å². The Labute approximate surface area is 94.4 Å². The minimum atomic E-state index is -0.998. The van der Waals surface area contributed by atoms with E-state index < -0.39 is 5.60 Å². The van der Waals surface area contributed by atoms with Gasteiger partial charge in [0.25, 0.3) is 0 Å². The van der Waals surface area contributed by atoms with E-state index in [1.54, 1.807) is 6.07 Å². The van der Waals surface area contributed by atoms with Crippen molar-refractivity contribution in [2.75, 3.05) is 27.2 Å². The second-order valence-corrected chi connectivity index (χ2v) is 4.36. The van der Waals surface area contributed by atoms with Gasteiger partial charge in [-0.2, -0.15) is 0 Å². The van der Waals surface area contributed by atoms with E-state index in [0.29, 0.717) is 24.3 Å². The quantitative estimate of drug-likeness (QED) is 0.825. The largest absolute Gasteiger partial charge is 0.496 e. The average molecular weight is 225 g/mol. The van der Waals surface area contributed by atoms with E-state index in [9.17, 15) is 9.50 Å². The lowest BCUT2D eigenvalue weighted by Gasteiger charge is -2.25. The van der Waals surface area contributed by atoms with Crippen molar-refractivity contribution in [1.29, 1.82) is 0 Å². The number of rotatable bonds is 2. The molecule has 0 radical (unpaired) electrons. The zero-order valence-corrected chi connectivity index (χ0v) is 9.53. The summed E-state index contributed by atoms with van der Waals surface area (Å²) in [7, 11) is 3.46. The Balaban J connectivity index is 2.42. The number of nitrogens with zero attached hydrogens (tertiary/aromatic N) is 1. The van der Waals surface area contributed by atoms with E-state index in [1.165, 1.54) is 19.2 Å². The van der Waals surface area contributed by atoms with Crippen LogP contribution in [0, 0.1) is 5.82 Å². The molecule has 1 unspecified atom stereocenters. The number of hydrogen-bond acceptors (Lipinski definition) is 3. The van der Waals surface area contributed by atoms with E-state index in [1.807, 2.05) is 11.9 Å². The lowest BCUT2D eigenvalue weighted by molar-refractivity contribution is 0.0460. The van der Waals surface area contributed by atoms with Gasteiger partial charge in [-0.1, -0.05) is 0 Å². The highest BCUT2D eigenvalue weighted by Crippen LogP contribution is 2.37. The number of benzene rings is 1. The van der Waals surface area contributed by atoms with Gasteiger partial charge in [0.15, 0.2) is 0 Å². The van der Waals surface area contributed by atoms with E-state index in [2.05, 4.69) is 0 Å². The van der Waals surface area contributed by atoms with Gasteiger partial charge >= 0.3 is 0 Å². The van der Waals surface area contributed by atoms with Crippen LogP contribution in [0.5, 0.6) is 5.75 Å². The van der Waals surface area contributed by atoms with Gasteiger partial charge in [-0.3, -0.25) is 0 Å². The van der Waals surface area contributed by atoms with Crippen LogP contribution in [-0.4, -0.2) is 37.3 Å². The Bertz CT molecular complexity index is 397. The number of ether oxygens (including phenoxy) is 1. The number of methoxy groups -OCH3 is 1. The van der Waals surface area contributed by atoms with Crippen molar-refractivity contribution in [3.63, 3.8) is 0 Å². The molecule has 1 heterocycles. The van der Waals surface area contributed by atoms with Crippen LogP contribution in [0.1, 0.15) is 12.0 Å². The molecule has 1 saturated heterocycles. The first kappa shape index (κ1) is 11.4. The van der Waals surface area contributed by atoms with Crippen molar-refractivity contribution in [2.24, 2.45) is 0 Å². The van der Waals surface area contributed by atoms with Crippen LogP contribution in [-0.2, 0) is 5.60 Å². The van der Waals surface area contributed by atoms with Crippen molar-refractivity contribution in [3.8, 4) is 5.75 Å². The molecule has 0 saturated carbocycles. The Hall–Kier alpha value is -1.13. The maximum absolute atomic E-state index is 13.2. The fraction of sp³-hybridized carbons (Fsp3) is 0.500. The van der Waals surface area contributed by atoms with Crippen molar-refractivity contribution in [2.45, 2.75) is 12.0 Å². The highest BCUT2D eigenvalue weighted by atomic mass is 19.1. The molecule has 0 aromatic heterocycles. The molecular weight excluding hydrogens is 209 g/mol. The second-order valence-electron chi connectivity index (χ2n) is 4.36. The van der Waals surface area contributed by atoms with Crippen LogP contribution >= 0.6 is 0 Å². The summed E-state index contributed by atoms with van der Waals surface area (Å²) < 4.78 is 18.4. The molecule has 1 aromatic carbocycles.